The van der Waals surface area contributed by atoms with Crippen molar-refractivity contribution in [2.24, 2.45) is 0 Å². The SMILES string of the molecule is Nc1cn[nH]c1NC(=O)c1ccc2c(c1)OCCO2. The number of hydrogen-bond acceptors (Lipinski definition) is 5. The van der Waals surface area contributed by atoms with Crippen LogP contribution in [0.25, 0.3) is 0 Å². The van der Waals surface area contributed by atoms with Gasteiger partial charge in [-0.15, -0.1) is 0 Å². The van der Waals surface area contributed by atoms with Crippen molar-refractivity contribution in [1.82, 2.24) is 10.2 Å². The average molecular weight is 260 g/mol. The van der Waals surface area contributed by atoms with E-state index < -0.39 is 0 Å². The smallest absolute Gasteiger partial charge is 0.256 e. The second-order valence-corrected chi connectivity index (χ2v) is 4.01. The Morgan fingerprint density at radius 1 is 1.32 bits per heavy atom. The molecular weight excluding hydrogens is 248 g/mol. The standard InChI is InChI=1S/C12H12N4O3/c13-8-6-14-16-11(8)15-12(17)7-1-2-9-10(5-7)19-4-3-18-9/h1-2,5-6H,3-4,13H2,(H2,14,15,16,17). The van der Waals surface area contributed by atoms with Crippen LogP contribution in [0.2, 0.25) is 0 Å². The van der Waals surface area contributed by atoms with Gasteiger partial charge in [-0.25, -0.2) is 0 Å². The lowest BCUT2D eigenvalue weighted by atomic mass is 10.2. The molecule has 7 nitrogen and oxygen atoms in total. The average Bonchev–Trinajstić information content (AvgIpc) is 2.84. The van der Waals surface area contributed by atoms with E-state index in [0.29, 0.717) is 41.8 Å². The molecule has 0 atom stereocenters. The van der Waals surface area contributed by atoms with Crippen molar-refractivity contribution in [1.29, 1.82) is 0 Å². The van der Waals surface area contributed by atoms with Gasteiger partial charge in [-0.3, -0.25) is 9.89 Å². The molecule has 1 aliphatic heterocycles. The molecule has 0 spiro atoms. The number of amides is 1. The maximum absolute atomic E-state index is 12.0. The molecule has 4 N–H and O–H groups in total. The zero-order valence-corrected chi connectivity index (χ0v) is 9.97. The summed E-state index contributed by atoms with van der Waals surface area (Å²) < 4.78 is 10.8. The molecule has 2 aromatic rings. The lowest BCUT2D eigenvalue weighted by molar-refractivity contribution is 0.102. The molecule has 0 saturated carbocycles. The molecule has 19 heavy (non-hydrogen) atoms. The summed E-state index contributed by atoms with van der Waals surface area (Å²) in [6.45, 7) is 0.995. The van der Waals surface area contributed by atoms with Gasteiger partial charge in [0.05, 0.1) is 11.9 Å². The van der Waals surface area contributed by atoms with Crippen LogP contribution in [-0.2, 0) is 0 Å². The summed E-state index contributed by atoms with van der Waals surface area (Å²) in [5, 5.41) is 8.97. The molecule has 0 unspecified atom stereocenters. The summed E-state index contributed by atoms with van der Waals surface area (Å²) >= 11 is 0. The number of nitrogens with two attached hydrogens (primary N) is 1. The Morgan fingerprint density at radius 2 is 2.11 bits per heavy atom. The fraction of sp³-hybridized carbons (Fsp3) is 0.167. The molecule has 0 radical (unpaired) electrons. The molecule has 1 aromatic heterocycles. The van der Waals surface area contributed by atoms with Crippen molar-refractivity contribution < 1.29 is 14.3 Å². The number of carbonyl (C=O) groups is 1. The number of fused-ring (bicyclic) bond motifs is 1. The minimum absolute atomic E-state index is 0.298. The molecule has 0 saturated heterocycles. The third kappa shape index (κ3) is 2.17. The fourth-order valence-corrected chi connectivity index (χ4v) is 1.77. The first-order valence-corrected chi connectivity index (χ1v) is 5.74. The summed E-state index contributed by atoms with van der Waals surface area (Å²) in [6, 6.07) is 5.01. The number of aromatic nitrogens is 2. The van der Waals surface area contributed by atoms with Crippen LogP contribution >= 0.6 is 0 Å². The molecule has 1 aromatic carbocycles. The number of nitrogens with zero attached hydrogens (tertiary/aromatic N) is 1. The van der Waals surface area contributed by atoms with Crippen LogP contribution in [0, 0.1) is 0 Å². The summed E-state index contributed by atoms with van der Waals surface area (Å²) in [7, 11) is 0. The first-order chi connectivity index (χ1) is 9.24. The number of nitrogen functional groups attached to an aromatic ring is 1. The number of rotatable bonds is 2. The predicted molar refractivity (Wildman–Crippen MR) is 68.4 cm³/mol. The molecule has 7 heteroatoms. The Morgan fingerprint density at radius 3 is 2.84 bits per heavy atom. The van der Waals surface area contributed by atoms with Gasteiger partial charge >= 0.3 is 0 Å². The maximum Gasteiger partial charge on any atom is 0.256 e. The van der Waals surface area contributed by atoms with E-state index in [1.165, 1.54) is 6.20 Å². The van der Waals surface area contributed by atoms with Gasteiger partial charge in [0.1, 0.15) is 13.2 Å². The topological polar surface area (TPSA) is 102 Å². The van der Waals surface area contributed by atoms with E-state index in [1.54, 1.807) is 18.2 Å². The second-order valence-electron chi connectivity index (χ2n) is 4.01. The Labute approximate surface area is 108 Å². The highest BCUT2D eigenvalue weighted by Gasteiger charge is 2.15. The minimum atomic E-state index is -0.298. The largest absolute Gasteiger partial charge is 0.486 e. The summed E-state index contributed by atoms with van der Waals surface area (Å²) in [5.74, 6) is 1.29. The Hall–Kier alpha value is -2.70. The lowest BCUT2D eigenvalue weighted by Gasteiger charge is -2.18. The molecule has 2 heterocycles. The number of hydrogen-bond donors (Lipinski definition) is 3. The number of carbonyl (C=O) groups excluding carboxylic acids is 1. The number of nitrogens with one attached hydrogen (secondary N) is 2. The van der Waals surface area contributed by atoms with E-state index in [0.717, 1.165) is 0 Å². The number of anilines is 2. The van der Waals surface area contributed by atoms with E-state index in [4.69, 9.17) is 15.2 Å². The van der Waals surface area contributed by atoms with Crippen molar-refractivity contribution in [3.05, 3.63) is 30.0 Å². The van der Waals surface area contributed by atoms with Crippen LogP contribution in [-0.4, -0.2) is 29.3 Å². The van der Waals surface area contributed by atoms with E-state index >= 15 is 0 Å². The van der Waals surface area contributed by atoms with Crippen LogP contribution in [0.1, 0.15) is 10.4 Å². The molecule has 98 valence electrons. The molecule has 0 fully saturated rings. The van der Waals surface area contributed by atoms with Crippen LogP contribution < -0.4 is 20.5 Å². The van der Waals surface area contributed by atoms with Crippen molar-refractivity contribution in [3.63, 3.8) is 0 Å². The van der Waals surface area contributed by atoms with Crippen LogP contribution in [0.4, 0.5) is 11.5 Å². The van der Waals surface area contributed by atoms with Crippen LogP contribution in [0.5, 0.6) is 11.5 Å². The van der Waals surface area contributed by atoms with Crippen LogP contribution in [0.15, 0.2) is 24.4 Å². The second kappa shape index (κ2) is 4.52. The van der Waals surface area contributed by atoms with Crippen molar-refractivity contribution >= 4 is 17.4 Å². The summed E-state index contributed by atoms with van der Waals surface area (Å²) in [4.78, 5) is 12.0. The van der Waals surface area contributed by atoms with Gasteiger partial charge in [-0.1, -0.05) is 0 Å². The fourth-order valence-electron chi connectivity index (χ4n) is 1.77. The van der Waals surface area contributed by atoms with E-state index in [9.17, 15) is 4.79 Å². The Kier molecular flexibility index (Phi) is 2.71. The van der Waals surface area contributed by atoms with Gasteiger partial charge in [-0.05, 0) is 18.2 Å². The first-order valence-electron chi connectivity index (χ1n) is 5.74. The van der Waals surface area contributed by atoms with Crippen molar-refractivity contribution in [2.75, 3.05) is 24.3 Å². The van der Waals surface area contributed by atoms with Gasteiger partial charge in [0.25, 0.3) is 5.91 Å². The van der Waals surface area contributed by atoms with Crippen molar-refractivity contribution in [2.45, 2.75) is 0 Å². The molecule has 3 rings (SSSR count). The Bertz CT molecular complexity index is 623. The van der Waals surface area contributed by atoms with Gasteiger partial charge in [-0.2, -0.15) is 5.10 Å². The van der Waals surface area contributed by atoms with E-state index in [-0.39, 0.29) is 5.91 Å². The van der Waals surface area contributed by atoms with Gasteiger partial charge < -0.3 is 20.5 Å². The van der Waals surface area contributed by atoms with E-state index in [2.05, 4.69) is 15.5 Å². The van der Waals surface area contributed by atoms with Gasteiger partial charge in [0, 0.05) is 5.56 Å². The van der Waals surface area contributed by atoms with Crippen molar-refractivity contribution in [3.8, 4) is 11.5 Å². The monoisotopic (exact) mass is 260 g/mol. The molecule has 1 amide bonds. The third-order valence-corrected chi connectivity index (χ3v) is 2.71. The predicted octanol–water partition coefficient (Wildman–Crippen LogP) is 1.02. The molecular formula is C12H12N4O3. The normalized spacial score (nSPS) is 13.1. The quantitative estimate of drug-likeness (QED) is 0.748. The third-order valence-electron chi connectivity index (χ3n) is 2.71. The maximum atomic E-state index is 12.0. The summed E-state index contributed by atoms with van der Waals surface area (Å²) in [6.07, 6.45) is 1.43. The number of aromatic amines is 1. The minimum Gasteiger partial charge on any atom is -0.486 e. The Balaban J connectivity index is 1.82. The van der Waals surface area contributed by atoms with Gasteiger partial charge in [0.15, 0.2) is 17.3 Å². The summed E-state index contributed by atoms with van der Waals surface area (Å²) in [5.41, 5.74) is 6.46. The molecule has 1 aliphatic rings. The first kappa shape index (κ1) is 11.4. The van der Waals surface area contributed by atoms with Crippen LogP contribution in [0.3, 0.4) is 0 Å². The van der Waals surface area contributed by atoms with Gasteiger partial charge in [0.2, 0.25) is 0 Å². The molecule has 0 aliphatic carbocycles. The number of H-pyrrole nitrogens is 1. The number of ether oxygens (including phenoxy) is 2. The zero-order chi connectivity index (χ0) is 13.2. The highest BCUT2D eigenvalue weighted by Crippen LogP contribution is 2.31. The highest BCUT2D eigenvalue weighted by atomic mass is 16.6. The highest BCUT2D eigenvalue weighted by molar-refractivity contribution is 6.05. The number of benzene rings is 1. The lowest BCUT2D eigenvalue weighted by Crippen LogP contribution is -2.17. The molecule has 0 bridgehead atoms. The zero-order valence-electron chi connectivity index (χ0n) is 9.97. The van der Waals surface area contributed by atoms with E-state index in [1.807, 2.05) is 0 Å².